The lowest BCUT2D eigenvalue weighted by molar-refractivity contribution is 0.0375. The molecule has 4 heteroatoms. The fourth-order valence-corrected chi connectivity index (χ4v) is 4.36. The number of nitrogens with zero attached hydrogens (tertiary/aromatic N) is 2. The molecule has 1 aliphatic heterocycles. The molecule has 2 heterocycles. The van der Waals surface area contributed by atoms with Crippen molar-refractivity contribution in [2.45, 2.75) is 44.6 Å². The van der Waals surface area contributed by atoms with Gasteiger partial charge in [-0.1, -0.05) is 51.1 Å². The molecule has 1 saturated heterocycles. The zero-order valence-corrected chi connectivity index (χ0v) is 18.5. The van der Waals surface area contributed by atoms with Crippen molar-refractivity contribution in [3.05, 3.63) is 71.4 Å². The molecule has 0 amide bonds. The van der Waals surface area contributed by atoms with E-state index in [-0.39, 0.29) is 5.41 Å². The minimum absolute atomic E-state index is 0.0353. The van der Waals surface area contributed by atoms with Gasteiger partial charge in [0.15, 0.2) is 0 Å². The van der Waals surface area contributed by atoms with Crippen LogP contribution >= 0.6 is 0 Å². The highest BCUT2D eigenvalue weighted by Gasteiger charge is 2.39. The van der Waals surface area contributed by atoms with Gasteiger partial charge >= 0.3 is 0 Å². The Hall–Kier alpha value is -2.43. The highest BCUT2D eigenvalue weighted by atomic mass is 16.5. The van der Waals surface area contributed by atoms with Crippen molar-refractivity contribution in [3.8, 4) is 5.75 Å². The predicted molar refractivity (Wildman–Crippen MR) is 122 cm³/mol. The lowest BCUT2D eigenvalue weighted by Gasteiger charge is -2.34. The van der Waals surface area contributed by atoms with Gasteiger partial charge in [0, 0.05) is 17.5 Å². The first-order valence-electron chi connectivity index (χ1n) is 10.8. The Morgan fingerprint density at radius 2 is 1.73 bits per heavy atom. The zero-order valence-electron chi connectivity index (χ0n) is 18.5. The lowest BCUT2D eigenvalue weighted by Crippen LogP contribution is -2.42. The Morgan fingerprint density at radius 3 is 2.43 bits per heavy atom. The summed E-state index contributed by atoms with van der Waals surface area (Å²) < 4.78 is 5.73. The number of fused-ring (bicyclic) bond motifs is 1. The molecule has 4 rings (SSSR count). The van der Waals surface area contributed by atoms with E-state index >= 15 is 0 Å². The third-order valence-corrected chi connectivity index (χ3v) is 6.18. The number of aliphatic hydroxyl groups is 1. The number of para-hydroxylation sites is 1. The summed E-state index contributed by atoms with van der Waals surface area (Å²) in [7, 11) is 1.67. The molecule has 0 saturated carbocycles. The normalized spacial score (nSPS) is 17.2. The molecule has 158 valence electrons. The molecular formula is C26H32N2O2. The highest BCUT2D eigenvalue weighted by molar-refractivity contribution is 5.78. The monoisotopic (exact) mass is 404 g/mol. The number of hydrogen-bond acceptors (Lipinski definition) is 4. The Morgan fingerprint density at radius 1 is 1.00 bits per heavy atom. The summed E-state index contributed by atoms with van der Waals surface area (Å²) in [6, 6.07) is 18.2. The second-order valence-electron chi connectivity index (χ2n) is 9.40. The van der Waals surface area contributed by atoms with Gasteiger partial charge in [0.2, 0.25) is 0 Å². The number of aromatic nitrogens is 1. The van der Waals surface area contributed by atoms with Crippen molar-refractivity contribution in [2.24, 2.45) is 0 Å². The molecule has 1 unspecified atom stereocenters. The summed E-state index contributed by atoms with van der Waals surface area (Å²) >= 11 is 0. The first-order chi connectivity index (χ1) is 14.3. The van der Waals surface area contributed by atoms with Crippen LogP contribution in [0.1, 0.15) is 50.4 Å². The summed E-state index contributed by atoms with van der Waals surface area (Å²) in [5.74, 6) is 0.694. The van der Waals surface area contributed by atoms with Crippen LogP contribution in [0.2, 0.25) is 0 Å². The molecule has 0 radical (unpaired) electrons. The largest absolute Gasteiger partial charge is 0.496 e. The van der Waals surface area contributed by atoms with Crippen LogP contribution in [0.4, 0.5) is 0 Å². The number of benzene rings is 2. The number of ether oxygens (including phenoxy) is 1. The molecule has 1 fully saturated rings. The maximum absolute atomic E-state index is 12.3. The highest BCUT2D eigenvalue weighted by Crippen LogP contribution is 2.39. The van der Waals surface area contributed by atoms with E-state index in [0.717, 1.165) is 29.6 Å². The number of hydrogen-bond donors (Lipinski definition) is 1. The maximum Gasteiger partial charge on any atom is 0.148 e. The van der Waals surface area contributed by atoms with Crippen LogP contribution < -0.4 is 4.74 Å². The van der Waals surface area contributed by atoms with Crippen molar-refractivity contribution < 1.29 is 9.84 Å². The van der Waals surface area contributed by atoms with Crippen LogP contribution in [0.15, 0.2) is 54.6 Å². The van der Waals surface area contributed by atoms with Gasteiger partial charge in [-0.3, -0.25) is 4.90 Å². The minimum atomic E-state index is -1.26. The molecule has 0 spiro atoms. The number of β-amino-alcohol motifs (C(OH)–C–C–N with tert-alkyl or cyclic N) is 1. The standard InChI is InChI=1S/C26H32N2O2/c1-25(2,3)20-12-13-23(30-4)21(17-20)26(29,18-28-15-7-8-16-28)24-14-11-19-9-5-6-10-22(19)27-24/h5-6,9-14,17,29H,7-8,15-16,18H2,1-4H3. The first kappa shape index (κ1) is 20.8. The number of pyridine rings is 1. The van der Waals surface area contributed by atoms with E-state index in [4.69, 9.17) is 9.72 Å². The fraction of sp³-hybridized carbons (Fsp3) is 0.423. The topological polar surface area (TPSA) is 45.6 Å². The van der Waals surface area contributed by atoms with Gasteiger partial charge < -0.3 is 9.84 Å². The molecule has 1 N–H and O–H groups in total. The quantitative estimate of drug-likeness (QED) is 0.659. The molecule has 1 atom stereocenters. The molecule has 30 heavy (non-hydrogen) atoms. The zero-order chi connectivity index (χ0) is 21.4. The minimum Gasteiger partial charge on any atom is -0.496 e. The van der Waals surface area contributed by atoms with E-state index in [2.05, 4.69) is 37.8 Å². The van der Waals surface area contributed by atoms with E-state index in [0.29, 0.717) is 18.0 Å². The second-order valence-corrected chi connectivity index (χ2v) is 9.40. The molecule has 1 aliphatic rings. The van der Waals surface area contributed by atoms with Gasteiger partial charge in [-0.05, 0) is 61.2 Å². The fourth-order valence-electron chi connectivity index (χ4n) is 4.36. The predicted octanol–water partition coefficient (Wildman–Crippen LogP) is 4.87. The molecule has 1 aromatic heterocycles. The molecular weight excluding hydrogens is 372 g/mol. The van der Waals surface area contributed by atoms with Crippen LogP contribution in [0.3, 0.4) is 0 Å². The summed E-state index contributed by atoms with van der Waals surface area (Å²) in [5, 5.41) is 13.4. The van der Waals surface area contributed by atoms with Crippen molar-refractivity contribution in [1.29, 1.82) is 0 Å². The lowest BCUT2D eigenvalue weighted by atomic mass is 9.81. The second kappa shape index (κ2) is 8.01. The van der Waals surface area contributed by atoms with Crippen molar-refractivity contribution in [1.82, 2.24) is 9.88 Å². The third-order valence-electron chi connectivity index (χ3n) is 6.18. The van der Waals surface area contributed by atoms with Gasteiger partial charge in [-0.25, -0.2) is 4.98 Å². The van der Waals surface area contributed by atoms with Crippen LogP contribution in [-0.4, -0.2) is 41.7 Å². The number of methoxy groups -OCH3 is 1. The van der Waals surface area contributed by atoms with Crippen molar-refractivity contribution in [3.63, 3.8) is 0 Å². The SMILES string of the molecule is COc1ccc(C(C)(C)C)cc1C(O)(CN1CCCC1)c1ccc2ccccc2n1. The molecule has 4 nitrogen and oxygen atoms in total. The Labute approximate surface area is 179 Å². The smallest absolute Gasteiger partial charge is 0.148 e. The van der Waals surface area contributed by atoms with Gasteiger partial charge in [-0.15, -0.1) is 0 Å². The number of likely N-dealkylation sites (tertiary alicyclic amines) is 1. The summed E-state index contributed by atoms with van der Waals surface area (Å²) in [6.07, 6.45) is 2.33. The Bertz CT molecular complexity index is 1030. The van der Waals surface area contributed by atoms with E-state index < -0.39 is 5.60 Å². The van der Waals surface area contributed by atoms with Crippen molar-refractivity contribution >= 4 is 10.9 Å². The van der Waals surface area contributed by atoms with Gasteiger partial charge in [0.1, 0.15) is 11.4 Å². The Kier molecular flexibility index (Phi) is 5.56. The maximum atomic E-state index is 12.3. The average molecular weight is 405 g/mol. The van der Waals surface area contributed by atoms with Crippen molar-refractivity contribution in [2.75, 3.05) is 26.7 Å². The van der Waals surface area contributed by atoms with Gasteiger partial charge in [-0.2, -0.15) is 0 Å². The third kappa shape index (κ3) is 3.94. The summed E-state index contributed by atoms with van der Waals surface area (Å²) in [5.41, 5.74) is 2.21. The molecule has 0 aliphatic carbocycles. The Balaban J connectivity index is 1.91. The van der Waals surface area contributed by atoms with E-state index in [9.17, 15) is 5.11 Å². The van der Waals surface area contributed by atoms with Crippen LogP contribution in [0, 0.1) is 0 Å². The van der Waals surface area contributed by atoms with Gasteiger partial charge in [0.05, 0.1) is 18.3 Å². The average Bonchev–Trinajstić information content (AvgIpc) is 3.25. The van der Waals surface area contributed by atoms with Crippen LogP contribution in [-0.2, 0) is 11.0 Å². The summed E-state index contributed by atoms with van der Waals surface area (Å²) in [6.45, 7) is 9.06. The number of rotatable bonds is 5. The van der Waals surface area contributed by atoms with E-state index in [1.165, 1.54) is 18.4 Å². The molecule has 3 aromatic rings. The summed E-state index contributed by atoms with van der Waals surface area (Å²) in [4.78, 5) is 7.23. The van der Waals surface area contributed by atoms with Crippen LogP contribution in [0.25, 0.3) is 10.9 Å². The van der Waals surface area contributed by atoms with E-state index in [1.54, 1.807) is 7.11 Å². The van der Waals surface area contributed by atoms with E-state index in [1.807, 2.05) is 42.5 Å². The first-order valence-corrected chi connectivity index (χ1v) is 10.8. The molecule has 0 bridgehead atoms. The molecule has 2 aromatic carbocycles. The van der Waals surface area contributed by atoms with Crippen LogP contribution in [0.5, 0.6) is 5.75 Å². The van der Waals surface area contributed by atoms with Gasteiger partial charge in [0.25, 0.3) is 0 Å².